The second-order valence-electron chi connectivity index (χ2n) is 4.34. The van der Waals surface area contributed by atoms with Crippen molar-refractivity contribution >= 4 is 0 Å². The van der Waals surface area contributed by atoms with E-state index in [2.05, 4.69) is 31.3 Å². The number of nitrogens with one attached hydrogen (secondary N) is 1. The minimum atomic E-state index is 0.250. The molecule has 0 aromatic heterocycles. The number of methoxy groups -OCH3 is 1. The highest BCUT2D eigenvalue weighted by Crippen LogP contribution is 2.24. The smallest absolute Gasteiger partial charge is 0.122 e. The fourth-order valence-corrected chi connectivity index (χ4v) is 2.00. The fraction of sp³-hybridized carbons (Fsp3) is 0.571. The van der Waals surface area contributed by atoms with E-state index in [4.69, 9.17) is 9.84 Å². The Labute approximate surface area is 104 Å². The van der Waals surface area contributed by atoms with E-state index in [1.807, 2.05) is 0 Å². The molecule has 17 heavy (non-hydrogen) atoms. The number of hydrogen-bond donors (Lipinski definition) is 2. The zero-order valence-electron chi connectivity index (χ0n) is 11.0. The second-order valence-corrected chi connectivity index (χ2v) is 4.34. The summed E-state index contributed by atoms with van der Waals surface area (Å²) in [4.78, 5) is 0. The van der Waals surface area contributed by atoms with Crippen LogP contribution in [0.1, 0.15) is 23.1 Å². The molecule has 0 aliphatic rings. The maximum atomic E-state index is 8.68. The largest absolute Gasteiger partial charge is 0.496 e. The van der Waals surface area contributed by atoms with Gasteiger partial charge in [0.05, 0.1) is 7.11 Å². The van der Waals surface area contributed by atoms with Crippen LogP contribution in [0.15, 0.2) is 12.1 Å². The van der Waals surface area contributed by atoms with Crippen LogP contribution in [0, 0.1) is 13.8 Å². The standard InChI is InChI=1S/C14H23NO2/c1-11-9-12(2)13(14(10-11)17-3)5-7-15-6-4-8-16/h9-10,15-16H,4-8H2,1-3H3. The Bertz CT molecular complexity index is 350. The molecule has 0 aliphatic heterocycles. The second kappa shape index (κ2) is 7.30. The molecule has 96 valence electrons. The van der Waals surface area contributed by atoms with Gasteiger partial charge in [-0.1, -0.05) is 6.07 Å². The van der Waals surface area contributed by atoms with Crippen LogP contribution in [0.3, 0.4) is 0 Å². The van der Waals surface area contributed by atoms with Crippen LogP contribution in [0.4, 0.5) is 0 Å². The van der Waals surface area contributed by atoms with Gasteiger partial charge < -0.3 is 15.2 Å². The summed E-state index contributed by atoms with van der Waals surface area (Å²) in [5.74, 6) is 0.978. The Morgan fingerprint density at radius 1 is 1.24 bits per heavy atom. The van der Waals surface area contributed by atoms with Crippen molar-refractivity contribution in [1.29, 1.82) is 0 Å². The summed E-state index contributed by atoms with van der Waals surface area (Å²) in [5, 5.41) is 12.0. The SMILES string of the molecule is COc1cc(C)cc(C)c1CCNCCCO. The van der Waals surface area contributed by atoms with Crippen molar-refractivity contribution in [2.45, 2.75) is 26.7 Å². The van der Waals surface area contributed by atoms with E-state index < -0.39 is 0 Å². The molecule has 0 heterocycles. The first-order valence-electron chi connectivity index (χ1n) is 6.14. The van der Waals surface area contributed by atoms with Crippen LogP contribution in [-0.2, 0) is 6.42 Å². The van der Waals surface area contributed by atoms with Gasteiger partial charge in [-0.25, -0.2) is 0 Å². The summed E-state index contributed by atoms with van der Waals surface area (Å²) in [6.45, 7) is 6.24. The number of aryl methyl sites for hydroxylation is 2. The third-order valence-electron chi connectivity index (χ3n) is 2.86. The topological polar surface area (TPSA) is 41.5 Å². The van der Waals surface area contributed by atoms with Gasteiger partial charge in [0, 0.05) is 6.61 Å². The first-order valence-corrected chi connectivity index (χ1v) is 6.14. The molecule has 0 aliphatic carbocycles. The van der Waals surface area contributed by atoms with Crippen LogP contribution in [-0.4, -0.2) is 31.9 Å². The lowest BCUT2D eigenvalue weighted by Crippen LogP contribution is -2.19. The molecule has 0 radical (unpaired) electrons. The fourth-order valence-electron chi connectivity index (χ4n) is 2.00. The highest BCUT2D eigenvalue weighted by atomic mass is 16.5. The molecule has 0 bridgehead atoms. The summed E-state index contributed by atoms with van der Waals surface area (Å²) < 4.78 is 5.42. The molecule has 1 rings (SSSR count). The molecule has 2 N–H and O–H groups in total. The first kappa shape index (κ1) is 14.0. The Morgan fingerprint density at radius 3 is 2.65 bits per heavy atom. The summed E-state index contributed by atoms with van der Waals surface area (Å²) in [5.41, 5.74) is 3.79. The maximum Gasteiger partial charge on any atom is 0.122 e. The number of benzene rings is 1. The summed E-state index contributed by atoms with van der Waals surface area (Å²) in [6.07, 6.45) is 1.77. The maximum absolute atomic E-state index is 8.68. The molecular weight excluding hydrogens is 214 g/mol. The molecule has 3 heteroatoms. The quantitative estimate of drug-likeness (QED) is 0.711. The molecule has 1 aromatic rings. The van der Waals surface area contributed by atoms with Crippen molar-refractivity contribution in [3.63, 3.8) is 0 Å². The first-order chi connectivity index (χ1) is 8.19. The van der Waals surface area contributed by atoms with E-state index in [9.17, 15) is 0 Å². The molecule has 0 saturated carbocycles. The van der Waals surface area contributed by atoms with E-state index >= 15 is 0 Å². The molecule has 0 saturated heterocycles. The van der Waals surface area contributed by atoms with Gasteiger partial charge in [-0.3, -0.25) is 0 Å². The van der Waals surface area contributed by atoms with Crippen LogP contribution in [0.5, 0.6) is 5.75 Å². The molecular formula is C14H23NO2. The minimum absolute atomic E-state index is 0.250. The molecule has 0 spiro atoms. The third-order valence-corrected chi connectivity index (χ3v) is 2.86. The molecule has 0 unspecified atom stereocenters. The van der Waals surface area contributed by atoms with Gasteiger partial charge >= 0.3 is 0 Å². The van der Waals surface area contributed by atoms with E-state index in [0.717, 1.165) is 31.7 Å². The number of rotatable bonds is 7. The number of aliphatic hydroxyl groups is 1. The van der Waals surface area contributed by atoms with E-state index in [-0.39, 0.29) is 6.61 Å². The number of ether oxygens (including phenoxy) is 1. The minimum Gasteiger partial charge on any atom is -0.496 e. The Kier molecular flexibility index (Phi) is 6.01. The van der Waals surface area contributed by atoms with Gasteiger partial charge in [0.15, 0.2) is 0 Å². The summed E-state index contributed by atoms with van der Waals surface area (Å²) in [7, 11) is 1.72. The van der Waals surface area contributed by atoms with Crippen molar-refractivity contribution in [2.24, 2.45) is 0 Å². The predicted molar refractivity (Wildman–Crippen MR) is 70.7 cm³/mol. The van der Waals surface area contributed by atoms with Crippen molar-refractivity contribution in [3.8, 4) is 5.75 Å². The van der Waals surface area contributed by atoms with Gasteiger partial charge in [0.2, 0.25) is 0 Å². The zero-order valence-corrected chi connectivity index (χ0v) is 11.0. The Morgan fingerprint density at radius 2 is 2.00 bits per heavy atom. The van der Waals surface area contributed by atoms with Gasteiger partial charge in [-0.2, -0.15) is 0 Å². The monoisotopic (exact) mass is 237 g/mol. The van der Waals surface area contributed by atoms with E-state index in [1.54, 1.807) is 7.11 Å². The molecule has 3 nitrogen and oxygen atoms in total. The zero-order chi connectivity index (χ0) is 12.7. The highest BCUT2D eigenvalue weighted by Gasteiger charge is 2.06. The van der Waals surface area contributed by atoms with Gasteiger partial charge in [0.25, 0.3) is 0 Å². The lowest BCUT2D eigenvalue weighted by Gasteiger charge is -2.13. The highest BCUT2D eigenvalue weighted by molar-refractivity contribution is 5.43. The lowest BCUT2D eigenvalue weighted by atomic mass is 10.0. The summed E-state index contributed by atoms with van der Waals surface area (Å²) >= 11 is 0. The lowest BCUT2D eigenvalue weighted by molar-refractivity contribution is 0.286. The Hall–Kier alpha value is -1.06. The van der Waals surface area contributed by atoms with Crippen molar-refractivity contribution in [3.05, 3.63) is 28.8 Å². The molecule has 0 fully saturated rings. The average Bonchev–Trinajstić information content (AvgIpc) is 2.30. The van der Waals surface area contributed by atoms with E-state index in [1.165, 1.54) is 16.7 Å². The van der Waals surface area contributed by atoms with Crippen LogP contribution < -0.4 is 10.1 Å². The average molecular weight is 237 g/mol. The van der Waals surface area contributed by atoms with E-state index in [0.29, 0.717) is 0 Å². The van der Waals surface area contributed by atoms with Crippen LogP contribution >= 0.6 is 0 Å². The van der Waals surface area contributed by atoms with Gasteiger partial charge in [-0.05, 0) is 62.5 Å². The molecule has 0 atom stereocenters. The number of aliphatic hydroxyl groups excluding tert-OH is 1. The van der Waals surface area contributed by atoms with Crippen LogP contribution in [0.2, 0.25) is 0 Å². The predicted octanol–water partition coefficient (Wildman–Crippen LogP) is 1.83. The number of hydrogen-bond acceptors (Lipinski definition) is 3. The van der Waals surface area contributed by atoms with Crippen molar-refractivity contribution < 1.29 is 9.84 Å². The third kappa shape index (κ3) is 4.36. The van der Waals surface area contributed by atoms with Gasteiger partial charge in [0.1, 0.15) is 5.75 Å². The Balaban J connectivity index is 2.57. The van der Waals surface area contributed by atoms with Gasteiger partial charge in [-0.15, -0.1) is 0 Å². The summed E-state index contributed by atoms with van der Waals surface area (Å²) in [6, 6.07) is 4.27. The molecule has 0 amide bonds. The normalized spacial score (nSPS) is 10.6. The van der Waals surface area contributed by atoms with Crippen molar-refractivity contribution in [1.82, 2.24) is 5.32 Å². The van der Waals surface area contributed by atoms with Crippen LogP contribution in [0.25, 0.3) is 0 Å². The van der Waals surface area contributed by atoms with Crippen molar-refractivity contribution in [2.75, 3.05) is 26.8 Å². The molecule has 1 aromatic carbocycles.